The third-order valence-electron chi connectivity index (χ3n) is 3.21. The lowest BCUT2D eigenvalue weighted by Gasteiger charge is -2.35. The van der Waals surface area contributed by atoms with E-state index in [1.165, 1.54) is 4.90 Å². The molecule has 0 bridgehead atoms. The monoisotopic (exact) mass is 269 g/mol. The van der Waals surface area contributed by atoms with Gasteiger partial charge in [-0.3, -0.25) is 9.69 Å². The van der Waals surface area contributed by atoms with E-state index in [4.69, 9.17) is 5.73 Å². The molecule has 0 rings (SSSR count). The first-order chi connectivity index (χ1) is 8.05. The summed E-state index contributed by atoms with van der Waals surface area (Å²) in [6.07, 6.45) is -4.02. The second-order valence-electron chi connectivity index (χ2n) is 4.68. The number of nitrogens with zero attached hydrogens (tertiary/aromatic N) is 1. The van der Waals surface area contributed by atoms with Crippen LogP contribution < -0.4 is 11.1 Å². The van der Waals surface area contributed by atoms with Crippen LogP contribution in [0.2, 0.25) is 0 Å². The summed E-state index contributed by atoms with van der Waals surface area (Å²) in [5, 5.41) is 2.77. The van der Waals surface area contributed by atoms with E-state index in [-0.39, 0.29) is 13.0 Å². The van der Waals surface area contributed by atoms with Crippen molar-refractivity contribution >= 4 is 5.91 Å². The van der Waals surface area contributed by atoms with Crippen LogP contribution in [-0.2, 0) is 4.79 Å². The second kappa shape index (κ2) is 6.38. The van der Waals surface area contributed by atoms with E-state index in [1.807, 2.05) is 0 Å². The van der Waals surface area contributed by atoms with Gasteiger partial charge in [0.25, 0.3) is 0 Å². The first kappa shape index (κ1) is 17.2. The minimum Gasteiger partial charge on any atom is -0.368 e. The summed E-state index contributed by atoms with van der Waals surface area (Å²) in [4.78, 5) is 12.6. The fourth-order valence-corrected chi connectivity index (χ4v) is 1.86. The van der Waals surface area contributed by atoms with Crippen molar-refractivity contribution in [3.8, 4) is 0 Å². The molecule has 18 heavy (non-hydrogen) atoms. The molecule has 108 valence electrons. The molecule has 0 saturated carbocycles. The Labute approximate surface area is 106 Å². The van der Waals surface area contributed by atoms with Crippen LogP contribution in [0.3, 0.4) is 0 Å². The maximum atomic E-state index is 12.4. The van der Waals surface area contributed by atoms with Gasteiger partial charge in [0.2, 0.25) is 5.91 Å². The molecule has 2 atom stereocenters. The Morgan fingerprint density at radius 1 is 1.44 bits per heavy atom. The molecule has 0 saturated heterocycles. The summed E-state index contributed by atoms with van der Waals surface area (Å²) < 4.78 is 37.1. The SMILES string of the molecule is CCN(CC(F)(F)F)C(C)CC(C)(NC)C(N)=O. The Kier molecular flexibility index (Phi) is 6.09. The van der Waals surface area contributed by atoms with E-state index >= 15 is 0 Å². The summed E-state index contributed by atoms with van der Waals surface area (Å²) in [7, 11) is 1.57. The largest absolute Gasteiger partial charge is 0.401 e. The number of primary amides is 1. The van der Waals surface area contributed by atoms with Crippen molar-refractivity contribution in [2.24, 2.45) is 5.73 Å². The maximum Gasteiger partial charge on any atom is 0.401 e. The molecule has 0 heterocycles. The zero-order chi connectivity index (χ0) is 14.6. The van der Waals surface area contributed by atoms with Gasteiger partial charge in [-0.05, 0) is 33.9 Å². The van der Waals surface area contributed by atoms with E-state index in [0.717, 1.165) is 0 Å². The van der Waals surface area contributed by atoms with Crippen molar-refractivity contribution in [2.45, 2.75) is 44.9 Å². The molecule has 0 aromatic heterocycles. The number of hydrogen-bond acceptors (Lipinski definition) is 3. The summed E-state index contributed by atoms with van der Waals surface area (Å²) in [5.74, 6) is -0.570. The minimum absolute atomic E-state index is 0.225. The molecule has 1 amide bonds. The fourth-order valence-electron chi connectivity index (χ4n) is 1.86. The maximum absolute atomic E-state index is 12.4. The Bertz CT molecular complexity index is 283. The van der Waals surface area contributed by atoms with Crippen LogP contribution in [0, 0.1) is 0 Å². The number of carbonyl (C=O) groups is 1. The number of hydrogen-bond donors (Lipinski definition) is 2. The highest BCUT2D eigenvalue weighted by molar-refractivity contribution is 5.84. The highest BCUT2D eigenvalue weighted by Crippen LogP contribution is 2.21. The molecule has 2 unspecified atom stereocenters. The Morgan fingerprint density at radius 3 is 2.22 bits per heavy atom. The topological polar surface area (TPSA) is 58.4 Å². The van der Waals surface area contributed by atoms with Crippen LogP contribution in [0.25, 0.3) is 0 Å². The molecule has 0 aromatic rings. The molecule has 0 fully saturated rings. The van der Waals surface area contributed by atoms with Gasteiger partial charge in [-0.1, -0.05) is 6.92 Å². The fraction of sp³-hybridized carbons (Fsp3) is 0.909. The second-order valence-corrected chi connectivity index (χ2v) is 4.68. The highest BCUT2D eigenvalue weighted by Gasteiger charge is 2.36. The van der Waals surface area contributed by atoms with E-state index in [1.54, 1.807) is 27.8 Å². The summed E-state index contributed by atoms with van der Waals surface area (Å²) in [6, 6.07) is -0.401. The Morgan fingerprint density at radius 2 is 1.94 bits per heavy atom. The molecule has 0 radical (unpaired) electrons. The quantitative estimate of drug-likeness (QED) is 0.728. The van der Waals surface area contributed by atoms with E-state index < -0.39 is 30.2 Å². The average Bonchev–Trinajstić information content (AvgIpc) is 2.23. The Balaban J connectivity index is 4.71. The molecule has 0 aliphatic heterocycles. The normalized spacial score (nSPS) is 17.6. The molecule has 3 N–H and O–H groups in total. The molecule has 0 aliphatic carbocycles. The van der Waals surface area contributed by atoms with Crippen molar-refractivity contribution in [1.82, 2.24) is 10.2 Å². The average molecular weight is 269 g/mol. The van der Waals surface area contributed by atoms with Crippen LogP contribution in [-0.4, -0.2) is 48.7 Å². The Hall–Kier alpha value is -0.820. The lowest BCUT2D eigenvalue weighted by Crippen LogP contribution is -2.55. The standard InChI is InChI=1S/C11H22F3N3O/c1-5-17(7-11(12,13)14)8(2)6-10(3,16-4)9(15)18/h8,16H,5-7H2,1-4H3,(H2,15,18). The van der Waals surface area contributed by atoms with Crippen molar-refractivity contribution in [1.29, 1.82) is 0 Å². The smallest absolute Gasteiger partial charge is 0.368 e. The molecule has 0 aliphatic rings. The lowest BCUT2D eigenvalue weighted by molar-refractivity contribution is -0.150. The number of amides is 1. The summed E-state index contributed by atoms with van der Waals surface area (Å²) in [5.41, 5.74) is 4.25. The van der Waals surface area contributed by atoms with Gasteiger partial charge in [0, 0.05) is 6.04 Å². The number of alkyl halides is 3. The van der Waals surface area contributed by atoms with Gasteiger partial charge >= 0.3 is 6.18 Å². The van der Waals surface area contributed by atoms with E-state index in [2.05, 4.69) is 5.32 Å². The molecule has 4 nitrogen and oxygen atoms in total. The van der Waals surface area contributed by atoms with Gasteiger partial charge in [-0.2, -0.15) is 13.2 Å². The number of nitrogens with two attached hydrogens (primary N) is 1. The predicted molar refractivity (Wildman–Crippen MR) is 64.0 cm³/mol. The van der Waals surface area contributed by atoms with Gasteiger partial charge in [-0.25, -0.2) is 0 Å². The van der Waals surface area contributed by atoms with Gasteiger partial charge in [0.1, 0.15) is 0 Å². The first-order valence-corrected chi connectivity index (χ1v) is 5.85. The van der Waals surface area contributed by atoms with Crippen LogP contribution in [0.15, 0.2) is 0 Å². The summed E-state index contributed by atoms with van der Waals surface area (Å²) in [6.45, 7) is 4.19. The van der Waals surface area contributed by atoms with Crippen molar-refractivity contribution in [2.75, 3.05) is 20.1 Å². The third kappa shape index (κ3) is 5.22. The van der Waals surface area contributed by atoms with Crippen molar-refractivity contribution in [3.63, 3.8) is 0 Å². The van der Waals surface area contributed by atoms with Gasteiger partial charge < -0.3 is 11.1 Å². The molecular formula is C11H22F3N3O. The summed E-state index contributed by atoms with van der Waals surface area (Å²) >= 11 is 0. The molecule has 7 heteroatoms. The number of halogens is 3. The molecular weight excluding hydrogens is 247 g/mol. The minimum atomic E-state index is -4.24. The number of carbonyl (C=O) groups excluding carboxylic acids is 1. The van der Waals surface area contributed by atoms with Crippen molar-refractivity contribution in [3.05, 3.63) is 0 Å². The zero-order valence-corrected chi connectivity index (χ0v) is 11.3. The number of rotatable bonds is 7. The van der Waals surface area contributed by atoms with Gasteiger partial charge in [-0.15, -0.1) is 0 Å². The van der Waals surface area contributed by atoms with Gasteiger partial charge in [0.15, 0.2) is 0 Å². The number of likely N-dealkylation sites (N-methyl/N-ethyl adjacent to an activating group) is 1. The number of nitrogens with one attached hydrogen (secondary N) is 1. The van der Waals surface area contributed by atoms with E-state index in [0.29, 0.717) is 0 Å². The van der Waals surface area contributed by atoms with Crippen LogP contribution >= 0.6 is 0 Å². The highest BCUT2D eigenvalue weighted by atomic mass is 19.4. The first-order valence-electron chi connectivity index (χ1n) is 5.85. The van der Waals surface area contributed by atoms with Gasteiger partial charge in [0.05, 0.1) is 12.1 Å². The molecule has 0 spiro atoms. The van der Waals surface area contributed by atoms with Crippen LogP contribution in [0.5, 0.6) is 0 Å². The molecule has 0 aromatic carbocycles. The third-order valence-corrected chi connectivity index (χ3v) is 3.21. The van der Waals surface area contributed by atoms with Crippen LogP contribution in [0.4, 0.5) is 13.2 Å². The van der Waals surface area contributed by atoms with Crippen molar-refractivity contribution < 1.29 is 18.0 Å². The lowest BCUT2D eigenvalue weighted by atomic mass is 9.92. The van der Waals surface area contributed by atoms with Crippen LogP contribution in [0.1, 0.15) is 27.2 Å². The predicted octanol–water partition coefficient (Wildman–Crippen LogP) is 1.11. The zero-order valence-electron chi connectivity index (χ0n) is 11.3. The van der Waals surface area contributed by atoms with E-state index in [9.17, 15) is 18.0 Å².